The van der Waals surface area contributed by atoms with E-state index in [2.05, 4.69) is 24.0 Å². The molecule has 3 rings (SSSR count). The van der Waals surface area contributed by atoms with Gasteiger partial charge in [-0.2, -0.15) is 0 Å². The first kappa shape index (κ1) is 9.52. The van der Waals surface area contributed by atoms with Crippen LogP contribution in [0.5, 0.6) is 0 Å². The van der Waals surface area contributed by atoms with Crippen LogP contribution in [0.1, 0.15) is 34.5 Å². The molecule has 0 atom stereocenters. The van der Waals surface area contributed by atoms with Gasteiger partial charge >= 0.3 is 0 Å². The van der Waals surface area contributed by atoms with E-state index in [1.165, 1.54) is 10.9 Å². The fourth-order valence-corrected chi connectivity index (χ4v) is 2.38. The number of pyridine rings is 1. The van der Waals surface area contributed by atoms with E-state index in [-0.39, 0.29) is 5.78 Å². The van der Waals surface area contributed by atoms with E-state index < -0.39 is 0 Å². The van der Waals surface area contributed by atoms with E-state index in [1.807, 2.05) is 12.1 Å². The summed E-state index contributed by atoms with van der Waals surface area (Å²) >= 11 is 0. The normalized spacial score (nSPS) is 15.2. The largest absolute Gasteiger partial charge is 0.292 e. The second kappa shape index (κ2) is 3.41. The molecular formula is C14H13NO. The summed E-state index contributed by atoms with van der Waals surface area (Å²) in [7, 11) is 0. The Morgan fingerprint density at radius 3 is 3.00 bits per heavy atom. The summed E-state index contributed by atoms with van der Waals surface area (Å²) in [6.07, 6.45) is 2.60. The minimum Gasteiger partial charge on any atom is -0.292 e. The number of nitrogens with zero attached hydrogens (tertiary/aromatic N) is 1. The number of ketones is 1. The smallest absolute Gasteiger partial charge is 0.181 e. The summed E-state index contributed by atoms with van der Waals surface area (Å²) in [4.78, 5) is 16.3. The van der Waals surface area contributed by atoms with Crippen LogP contribution in [-0.4, -0.2) is 10.8 Å². The Morgan fingerprint density at radius 1 is 1.25 bits per heavy atom. The second-order valence-corrected chi connectivity index (χ2v) is 4.41. The molecule has 1 aliphatic carbocycles. The van der Waals surface area contributed by atoms with Gasteiger partial charge < -0.3 is 0 Å². The van der Waals surface area contributed by atoms with E-state index in [9.17, 15) is 4.79 Å². The highest BCUT2D eigenvalue weighted by Gasteiger charge is 2.19. The van der Waals surface area contributed by atoms with Crippen LogP contribution in [0.15, 0.2) is 24.3 Å². The number of benzene rings is 1. The number of Topliss-reactive ketones (excluding diaryl/α,β-unsaturated/α-hetero) is 1. The van der Waals surface area contributed by atoms with Gasteiger partial charge in [0.15, 0.2) is 5.78 Å². The maximum Gasteiger partial charge on any atom is 0.181 e. The number of carbonyl (C=O) groups is 1. The maximum atomic E-state index is 11.8. The van der Waals surface area contributed by atoms with Crippen molar-refractivity contribution in [1.82, 2.24) is 4.98 Å². The first-order valence-electron chi connectivity index (χ1n) is 5.68. The molecule has 0 bridgehead atoms. The lowest BCUT2D eigenvalue weighted by Crippen LogP contribution is -2.13. The Morgan fingerprint density at radius 2 is 2.12 bits per heavy atom. The van der Waals surface area contributed by atoms with Crippen molar-refractivity contribution in [3.63, 3.8) is 0 Å². The SMILES string of the molecule is Cc1cccc2nc3c(cc12)CCCC3=O. The van der Waals surface area contributed by atoms with Gasteiger partial charge in [-0.1, -0.05) is 12.1 Å². The van der Waals surface area contributed by atoms with Gasteiger partial charge in [-0.05, 0) is 43.0 Å². The van der Waals surface area contributed by atoms with Crippen LogP contribution in [0.25, 0.3) is 10.9 Å². The zero-order valence-corrected chi connectivity index (χ0v) is 9.29. The lowest BCUT2D eigenvalue weighted by Gasteiger charge is -2.15. The highest BCUT2D eigenvalue weighted by Crippen LogP contribution is 2.25. The van der Waals surface area contributed by atoms with Crippen LogP contribution < -0.4 is 0 Å². The Balaban J connectivity index is 2.34. The minimum absolute atomic E-state index is 0.199. The zero-order valence-electron chi connectivity index (χ0n) is 9.29. The summed E-state index contributed by atoms with van der Waals surface area (Å²) in [6.45, 7) is 2.08. The van der Waals surface area contributed by atoms with Crippen LogP contribution >= 0.6 is 0 Å². The van der Waals surface area contributed by atoms with Gasteiger partial charge in [-0.3, -0.25) is 4.79 Å². The van der Waals surface area contributed by atoms with Gasteiger partial charge in [0.05, 0.1) is 5.52 Å². The molecule has 0 radical (unpaired) electrons. The van der Waals surface area contributed by atoms with Crippen molar-refractivity contribution in [2.75, 3.05) is 0 Å². The molecule has 1 heterocycles. The minimum atomic E-state index is 0.199. The fraction of sp³-hybridized carbons (Fsp3) is 0.286. The molecule has 0 aliphatic heterocycles. The standard InChI is InChI=1S/C14H13NO/c1-9-4-2-6-12-11(9)8-10-5-3-7-13(16)14(10)15-12/h2,4,6,8H,3,5,7H2,1H3. The number of aromatic nitrogens is 1. The van der Waals surface area contributed by atoms with Crippen LogP contribution in [0.2, 0.25) is 0 Å². The quantitative estimate of drug-likeness (QED) is 0.670. The summed E-state index contributed by atoms with van der Waals surface area (Å²) in [6, 6.07) is 8.19. The highest BCUT2D eigenvalue weighted by molar-refractivity contribution is 5.99. The van der Waals surface area contributed by atoms with E-state index in [0.29, 0.717) is 12.1 Å². The number of fused-ring (bicyclic) bond motifs is 2. The summed E-state index contributed by atoms with van der Waals surface area (Å²) in [5.74, 6) is 0.199. The molecule has 1 aromatic carbocycles. The number of carbonyl (C=O) groups excluding carboxylic acids is 1. The van der Waals surface area contributed by atoms with Gasteiger partial charge in [0, 0.05) is 11.8 Å². The van der Waals surface area contributed by atoms with E-state index in [4.69, 9.17) is 0 Å². The molecule has 2 aromatic rings. The predicted molar refractivity (Wildman–Crippen MR) is 63.7 cm³/mol. The zero-order chi connectivity index (χ0) is 11.1. The average Bonchev–Trinajstić information content (AvgIpc) is 2.29. The van der Waals surface area contributed by atoms with Crippen LogP contribution in [0, 0.1) is 6.92 Å². The van der Waals surface area contributed by atoms with Crippen LogP contribution in [0.4, 0.5) is 0 Å². The lowest BCUT2D eigenvalue weighted by molar-refractivity contribution is 0.0967. The van der Waals surface area contributed by atoms with Gasteiger partial charge in [-0.25, -0.2) is 4.98 Å². The van der Waals surface area contributed by atoms with Crippen LogP contribution in [-0.2, 0) is 6.42 Å². The van der Waals surface area contributed by atoms with Crippen molar-refractivity contribution < 1.29 is 4.79 Å². The van der Waals surface area contributed by atoms with Crippen molar-refractivity contribution in [1.29, 1.82) is 0 Å². The molecule has 0 saturated heterocycles. The third-order valence-electron chi connectivity index (χ3n) is 3.27. The number of aryl methyl sites for hydroxylation is 2. The van der Waals surface area contributed by atoms with Crippen molar-refractivity contribution in [3.05, 3.63) is 41.1 Å². The number of hydrogen-bond acceptors (Lipinski definition) is 2. The van der Waals surface area contributed by atoms with Gasteiger partial charge in [0.1, 0.15) is 5.69 Å². The first-order valence-corrected chi connectivity index (χ1v) is 5.68. The van der Waals surface area contributed by atoms with Gasteiger partial charge in [-0.15, -0.1) is 0 Å². The first-order chi connectivity index (χ1) is 7.75. The monoisotopic (exact) mass is 211 g/mol. The maximum absolute atomic E-state index is 11.8. The molecule has 1 aromatic heterocycles. The molecule has 0 amide bonds. The topological polar surface area (TPSA) is 30.0 Å². The van der Waals surface area contributed by atoms with Gasteiger partial charge in [0.25, 0.3) is 0 Å². The Labute approximate surface area is 94.3 Å². The van der Waals surface area contributed by atoms with Crippen molar-refractivity contribution in [2.45, 2.75) is 26.2 Å². The predicted octanol–water partition coefficient (Wildman–Crippen LogP) is 3.06. The highest BCUT2D eigenvalue weighted by atomic mass is 16.1. The molecule has 0 unspecified atom stereocenters. The van der Waals surface area contributed by atoms with E-state index in [0.717, 1.165) is 23.9 Å². The van der Waals surface area contributed by atoms with Crippen molar-refractivity contribution >= 4 is 16.7 Å². The Bertz CT molecular complexity index is 587. The summed E-state index contributed by atoms with van der Waals surface area (Å²) in [5.41, 5.74) is 3.99. The third-order valence-corrected chi connectivity index (χ3v) is 3.27. The Hall–Kier alpha value is -1.70. The molecule has 0 saturated carbocycles. The van der Waals surface area contributed by atoms with Crippen molar-refractivity contribution in [2.24, 2.45) is 0 Å². The average molecular weight is 211 g/mol. The van der Waals surface area contributed by atoms with Gasteiger partial charge in [0.2, 0.25) is 0 Å². The summed E-state index contributed by atoms with van der Waals surface area (Å²) < 4.78 is 0. The molecule has 80 valence electrons. The molecule has 2 heteroatoms. The van der Waals surface area contributed by atoms with E-state index in [1.54, 1.807) is 0 Å². The Kier molecular flexibility index (Phi) is 2.03. The number of rotatable bonds is 0. The molecule has 0 N–H and O–H groups in total. The fourth-order valence-electron chi connectivity index (χ4n) is 2.38. The van der Waals surface area contributed by atoms with Crippen LogP contribution in [0.3, 0.4) is 0 Å². The molecule has 16 heavy (non-hydrogen) atoms. The second-order valence-electron chi connectivity index (χ2n) is 4.41. The van der Waals surface area contributed by atoms with Crippen molar-refractivity contribution in [3.8, 4) is 0 Å². The third kappa shape index (κ3) is 1.33. The number of hydrogen-bond donors (Lipinski definition) is 0. The molecule has 0 spiro atoms. The summed E-state index contributed by atoms with van der Waals surface area (Å²) in [5, 5.41) is 1.18. The molecule has 2 nitrogen and oxygen atoms in total. The molecule has 1 aliphatic rings. The molecular weight excluding hydrogens is 198 g/mol. The molecule has 0 fully saturated rings. The lowest BCUT2D eigenvalue weighted by atomic mass is 9.93. The van der Waals surface area contributed by atoms with E-state index >= 15 is 0 Å².